The number of hydrogen-bond acceptors (Lipinski definition) is 5. The van der Waals surface area contributed by atoms with Crippen molar-refractivity contribution in [3.63, 3.8) is 0 Å². The number of carbonyl (C=O) groups excluding carboxylic acids is 1. The van der Waals surface area contributed by atoms with Gasteiger partial charge in [0, 0.05) is 16.8 Å². The van der Waals surface area contributed by atoms with Gasteiger partial charge in [-0.05, 0) is 29.8 Å². The van der Waals surface area contributed by atoms with Crippen LogP contribution in [0.5, 0.6) is 0 Å². The second kappa shape index (κ2) is 6.96. The first-order valence-electron chi connectivity index (χ1n) is 8.21. The van der Waals surface area contributed by atoms with E-state index in [4.69, 9.17) is 13.9 Å². The number of rotatable bonds is 4. The van der Waals surface area contributed by atoms with Crippen molar-refractivity contribution in [2.75, 3.05) is 0 Å². The smallest absolute Gasteiger partial charge is 0.335 e. The van der Waals surface area contributed by atoms with Crippen LogP contribution in [0.4, 0.5) is 0 Å². The summed E-state index contributed by atoms with van der Waals surface area (Å²) in [5.41, 5.74) is 1.65. The number of nitrogens with zero attached hydrogens (tertiary/aromatic N) is 1. The minimum absolute atomic E-state index is 0.199. The van der Waals surface area contributed by atoms with Gasteiger partial charge in [0.05, 0.1) is 0 Å². The molecule has 0 spiro atoms. The molecule has 1 aromatic heterocycles. The molecule has 4 rings (SSSR count). The second-order valence-electron chi connectivity index (χ2n) is 6.06. The van der Waals surface area contributed by atoms with Gasteiger partial charge in [-0.2, -0.15) is 0 Å². The minimum Gasteiger partial charge on any atom is -0.467 e. The average molecular weight is 414 g/mol. The van der Waals surface area contributed by atoms with Gasteiger partial charge in [0.1, 0.15) is 18.0 Å². The van der Waals surface area contributed by atoms with Gasteiger partial charge in [-0.25, -0.2) is 9.79 Å². The van der Waals surface area contributed by atoms with Crippen LogP contribution in [0.1, 0.15) is 24.4 Å². The van der Waals surface area contributed by atoms with Gasteiger partial charge in [0.2, 0.25) is 0 Å². The number of carbonyl (C=O) groups is 1. The normalized spacial score (nSPS) is 19.2. The predicted molar refractivity (Wildman–Crippen MR) is 101 cm³/mol. The summed E-state index contributed by atoms with van der Waals surface area (Å²) >= 11 is 3.44. The van der Waals surface area contributed by atoms with E-state index in [9.17, 15) is 4.79 Å². The molecular formula is C20H16BrNO4. The fourth-order valence-corrected chi connectivity index (χ4v) is 3.30. The largest absolute Gasteiger partial charge is 0.467 e. The van der Waals surface area contributed by atoms with Crippen molar-refractivity contribution in [3.05, 3.63) is 70.4 Å². The van der Waals surface area contributed by atoms with Crippen LogP contribution in [0, 0.1) is 0 Å². The molecule has 0 amide bonds. The third-order valence-electron chi connectivity index (χ3n) is 4.15. The zero-order valence-electron chi connectivity index (χ0n) is 14.0. The molecule has 1 aliphatic rings. The first-order chi connectivity index (χ1) is 12.6. The van der Waals surface area contributed by atoms with Crippen LogP contribution < -0.4 is 0 Å². The molecule has 0 saturated carbocycles. The molecular weight excluding hydrogens is 398 g/mol. The fourth-order valence-electron chi connectivity index (χ4n) is 2.92. The van der Waals surface area contributed by atoms with Crippen LogP contribution in [0.3, 0.4) is 0 Å². The van der Waals surface area contributed by atoms with Gasteiger partial charge in [0.25, 0.3) is 0 Å². The Morgan fingerprint density at radius 1 is 1.19 bits per heavy atom. The number of hydrogen-bond donors (Lipinski definition) is 0. The van der Waals surface area contributed by atoms with Crippen molar-refractivity contribution < 1.29 is 18.7 Å². The molecule has 3 aromatic rings. The van der Waals surface area contributed by atoms with Gasteiger partial charge in [0.15, 0.2) is 18.0 Å². The molecule has 6 heteroatoms. The van der Waals surface area contributed by atoms with E-state index in [2.05, 4.69) is 20.9 Å². The fraction of sp³-hybridized carbons (Fsp3) is 0.200. The number of fused-ring (bicyclic) bond motifs is 1. The van der Waals surface area contributed by atoms with Gasteiger partial charge in [-0.15, -0.1) is 0 Å². The number of benzene rings is 2. The molecule has 0 aliphatic carbocycles. The maximum atomic E-state index is 12.6. The Labute approximate surface area is 158 Å². The summed E-state index contributed by atoms with van der Waals surface area (Å²) in [5.74, 6) is 0.566. The Hall–Kier alpha value is -2.60. The van der Waals surface area contributed by atoms with Crippen LogP contribution in [0.2, 0.25) is 0 Å². The zero-order valence-corrected chi connectivity index (χ0v) is 15.6. The molecule has 0 N–H and O–H groups in total. The van der Waals surface area contributed by atoms with Gasteiger partial charge in [-0.1, -0.05) is 46.3 Å². The zero-order chi connectivity index (χ0) is 18.1. The van der Waals surface area contributed by atoms with E-state index in [0.29, 0.717) is 11.7 Å². The third kappa shape index (κ3) is 3.37. The van der Waals surface area contributed by atoms with Gasteiger partial charge in [-0.3, -0.25) is 0 Å². The van der Waals surface area contributed by atoms with E-state index < -0.39 is 18.1 Å². The molecule has 0 bridgehead atoms. The first kappa shape index (κ1) is 16.8. The van der Waals surface area contributed by atoms with Crippen molar-refractivity contribution in [3.8, 4) is 0 Å². The number of furan rings is 1. The highest BCUT2D eigenvalue weighted by atomic mass is 79.9. The monoisotopic (exact) mass is 413 g/mol. The highest BCUT2D eigenvalue weighted by molar-refractivity contribution is 9.10. The molecule has 0 fully saturated rings. The summed E-state index contributed by atoms with van der Waals surface area (Å²) in [6, 6.07) is 16.3. The highest BCUT2D eigenvalue weighted by Gasteiger charge is 2.39. The number of aliphatic imine (C=N–C) groups is 1. The Morgan fingerprint density at radius 2 is 2.00 bits per heavy atom. The van der Waals surface area contributed by atoms with Crippen molar-refractivity contribution >= 4 is 38.8 Å². The van der Waals surface area contributed by atoms with Crippen molar-refractivity contribution in [2.24, 2.45) is 4.99 Å². The van der Waals surface area contributed by atoms with E-state index in [1.807, 2.05) is 54.6 Å². The lowest BCUT2D eigenvalue weighted by Crippen LogP contribution is -2.26. The topological polar surface area (TPSA) is 61.0 Å². The standard InChI is InChI=1S/C20H16BrNO4/c1-12-22-18(20(23)24-11-13-5-3-2-4-6-13)19(25-12)17-10-14-9-15(21)7-8-16(14)26-17/h2-10,18-19H,11H2,1H3. The molecule has 2 heterocycles. The van der Waals surface area contributed by atoms with Crippen LogP contribution in [-0.2, 0) is 20.9 Å². The Bertz CT molecular complexity index is 980. The average Bonchev–Trinajstić information content (AvgIpc) is 3.23. The van der Waals surface area contributed by atoms with Crippen molar-refractivity contribution in [1.82, 2.24) is 0 Å². The summed E-state index contributed by atoms with van der Waals surface area (Å²) < 4.78 is 18.0. The second-order valence-corrected chi connectivity index (χ2v) is 6.97. The van der Waals surface area contributed by atoms with Gasteiger partial charge >= 0.3 is 5.97 Å². The molecule has 2 atom stereocenters. The van der Waals surface area contributed by atoms with E-state index in [1.165, 1.54) is 0 Å². The maximum absolute atomic E-state index is 12.6. The minimum atomic E-state index is -0.775. The Kier molecular flexibility index (Phi) is 4.51. The SMILES string of the molecule is CC1=NC(C(=O)OCc2ccccc2)C(c2cc3cc(Br)ccc3o2)O1. The van der Waals surface area contributed by atoms with Crippen LogP contribution in [0.15, 0.2) is 68.5 Å². The summed E-state index contributed by atoms with van der Waals surface area (Å²) in [4.78, 5) is 16.9. The summed E-state index contributed by atoms with van der Waals surface area (Å²) in [6.45, 7) is 1.92. The molecule has 2 aromatic carbocycles. The van der Waals surface area contributed by atoms with Crippen LogP contribution >= 0.6 is 15.9 Å². The summed E-state index contributed by atoms with van der Waals surface area (Å²) in [6.07, 6.45) is -0.621. The van der Waals surface area contributed by atoms with E-state index in [-0.39, 0.29) is 6.61 Å². The van der Waals surface area contributed by atoms with Crippen LogP contribution in [0.25, 0.3) is 11.0 Å². The van der Waals surface area contributed by atoms with Gasteiger partial charge < -0.3 is 13.9 Å². The molecule has 132 valence electrons. The Balaban J connectivity index is 1.54. The molecule has 5 nitrogen and oxygen atoms in total. The third-order valence-corrected chi connectivity index (χ3v) is 4.64. The summed E-state index contributed by atoms with van der Waals surface area (Å²) in [7, 11) is 0. The lowest BCUT2D eigenvalue weighted by molar-refractivity contribution is -0.148. The molecule has 1 aliphatic heterocycles. The summed E-state index contributed by atoms with van der Waals surface area (Å²) in [5, 5.41) is 0.930. The number of ether oxygens (including phenoxy) is 2. The van der Waals surface area contributed by atoms with Crippen molar-refractivity contribution in [2.45, 2.75) is 25.7 Å². The van der Waals surface area contributed by atoms with E-state index in [1.54, 1.807) is 6.92 Å². The molecule has 0 radical (unpaired) electrons. The molecule has 26 heavy (non-hydrogen) atoms. The highest BCUT2D eigenvalue weighted by Crippen LogP contribution is 2.34. The molecule has 0 saturated heterocycles. The maximum Gasteiger partial charge on any atom is 0.335 e. The lowest BCUT2D eigenvalue weighted by atomic mass is 10.1. The lowest BCUT2D eigenvalue weighted by Gasteiger charge is -2.14. The number of halogens is 1. The quantitative estimate of drug-likeness (QED) is 0.576. The number of esters is 1. The Morgan fingerprint density at radius 3 is 2.81 bits per heavy atom. The van der Waals surface area contributed by atoms with E-state index >= 15 is 0 Å². The van der Waals surface area contributed by atoms with Crippen molar-refractivity contribution in [1.29, 1.82) is 0 Å². The van der Waals surface area contributed by atoms with E-state index in [0.717, 1.165) is 21.0 Å². The first-order valence-corrected chi connectivity index (χ1v) is 9.00. The van der Waals surface area contributed by atoms with Crippen LogP contribution in [-0.4, -0.2) is 17.9 Å². The molecule has 2 unspecified atom stereocenters. The predicted octanol–water partition coefficient (Wildman–Crippen LogP) is 4.80.